The van der Waals surface area contributed by atoms with E-state index in [0.29, 0.717) is 35.8 Å². The van der Waals surface area contributed by atoms with Gasteiger partial charge in [0, 0.05) is 31.4 Å². The zero-order chi connectivity index (χ0) is 18.5. The van der Waals surface area contributed by atoms with Gasteiger partial charge < -0.3 is 9.30 Å². The van der Waals surface area contributed by atoms with Crippen molar-refractivity contribution in [1.82, 2.24) is 24.5 Å². The Morgan fingerprint density at radius 1 is 1.00 bits per heavy atom. The van der Waals surface area contributed by atoms with Crippen molar-refractivity contribution in [3.63, 3.8) is 0 Å². The van der Waals surface area contributed by atoms with Gasteiger partial charge in [-0.3, -0.25) is 0 Å². The Labute approximate surface area is 156 Å². The molecule has 0 amide bonds. The summed E-state index contributed by atoms with van der Waals surface area (Å²) >= 11 is 0. The van der Waals surface area contributed by atoms with Crippen LogP contribution in [0.4, 0.5) is 0 Å². The van der Waals surface area contributed by atoms with Crippen molar-refractivity contribution in [2.45, 2.75) is 6.42 Å². The average Bonchev–Trinajstić information content (AvgIpc) is 3.12. The highest BCUT2D eigenvalue weighted by atomic mass is 16.5. The molecular weight excluding hydrogens is 338 g/mol. The Hall–Kier alpha value is -3.72. The summed E-state index contributed by atoms with van der Waals surface area (Å²) in [6.07, 6.45) is 6.11. The molecule has 0 bridgehead atoms. The molecule has 0 fully saturated rings. The lowest BCUT2D eigenvalue weighted by Gasteiger charge is -2.07. The molecule has 1 aromatic carbocycles. The first-order valence-corrected chi connectivity index (χ1v) is 8.57. The molecule has 27 heavy (non-hydrogen) atoms. The molecule has 0 unspecified atom stereocenters. The first kappa shape index (κ1) is 16.7. The topological polar surface area (TPSA) is 65.7 Å². The lowest BCUT2D eigenvalue weighted by atomic mass is 10.2. The molecular formula is C21H17N5O. The van der Waals surface area contributed by atoms with Gasteiger partial charge in [-0.2, -0.15) is 0 Å². The highest BCUT2D eigenvalue weighted by Crippen LogP contribution is 2.17. The van der Waals surface area contributed by atoms with Gasteiger partial charge in [0.25, 0.3) is 0 Å². The van der Waals surface area contributed by atoms with Crippen molar-refractivity contribution in [2.24, 2.45) is 7.05 Å². The second-order valence-electron chi connectivity index (χ2n) is 5.97. The Balaban J connectivity index is 1.61. The molecule has 0 aliphatic carbocycles. The van der Waals surface area contributed by atoms with Crippen molar-refractivity contribution in [1.29, 1.82) is 0 Å². The summed E-state index contributed by atoms with van der Waals surface area (Å²) in [6.45, 7) is 0.442. The first-order chi connectivity index (χ1) is 13.3. The number of imidazole rings is 1. The summed E-state index contributed by atoms with van der Waals surface area (Å²) in [5, 5.41) is 0. The largest absolute Gasteiger partial charge is 0.475 e. The van der Waals surface area contributed by atoms with Gasteiger partial charge in [0.15, 0.2) is 11.3 Å². The van der Waals surface area contributed by atoms with Crippen LogP contribution in [0.2, 0.25) is 0 Å². The van der Waals surface area contributed by atoms with Gasteiger partial charge in [-0.25, -0.2) is 19.9 Å². The minimum Gasteiger partial charge on any atom is -0.475 e. The van der Waals surface area contributed by atoms with Crippen LogP contribution in [0.25, 0.3) is 11.2 Å². The Bertz CT molecular complexity index is 1130. The molecule has 0 N–H and O–H groups in total. The minimum atomic E-state index is 0.412. The van der Waals surface area contributed by atoms with E-state index in [9.17, 15) is 0 Å². The maximum Gasteiger partial charge on any atom is 0.249 e. The molecule has 4 aromatic rings. The standard InChI is InChI=1S/C21H17N5O/c1-26-14-17(23-15-26)11-13-27-21-19(10-9-16-6-3-2-4-7-16)24-20-18(25-21)8-5-12-22-20/h2-8,12,14-15H,11,13H2,1H3. The van der Waals surface area contributed by atoms with E-state index in [1.54, 1.807) is 12.5 Å². The fourth-order valence-electron chi connectivity index (χ4n) is 2.56. The number of aryl methyl sites for hydroxylation is 1. The number of benzene rings is 1. The average molecular weight is 355 g/mol. The maximum absolute atomic E-state index is 5.89. The third-order valence-corrected chi connectivity index (χ3v) is 3.86. The fraction of sp³-hybridized carbons (Fsp3) is 0.143. The van der Waals surface area contributed by atoms with Crippen LogP contribution in [0, 0.1) is 11.8 Å². The van der Waals surface area contributed by atoms with Gasteiger partial charge in [-0.15, -0.1) is 0 Å². The van der Waals surface area contributed by atoms with E-state index in [1.807, 2.05) is 60.3 Å². The molecule has 4 rings (SSSR count). The summed E-state index contributed by atoms with van der Waals surface area (Å²) in [7, 11) is 1.94. The summed E-state index contributed by atoms with van der Waals surface area (Å²) in [5.74, 6) is 6.58. The summed E-state index contributed by atoms with van der Waals surface area (Å²) in [5.41, 5.74) is 3.57. The van der Waals surface area contributed by atoms with Crippen LogP contribution >= 0.6 is 0 Å². The van der Waals surface area contributed by atoms with Crippen LogP contribution in [0.15, 0.2) is 61.2 Å². The van der Waals surface area contributed by atoms with E-state index in [4.69, 9.17) is 4.74 Å². The SMILES string of the molecule is Cn1cnc(CCOc2nc3cccnc3nc2C#Cc2ccccc2)c1. The highest BCUT2D eigenvalue weighted by molar-refractivity contribution is 5.71. The van der Waals surface area contributed by atoms with E-state index in [1.165, 1.54) is 0 Å². The molecule has 6 heteroatoms. The van der Waals surface area contributed by atoms with Crippen LogP contribution < -0.4 is 4.74 Å². The van der Waals surface area contributed by atoms with E-state index in [-0.39, 0.29) is 0 Å². The molecule has 0 atom stereocenters. The van der Waals surface area contributed by atoms with Gasteiger partial charge in [-0.1, -0.05) is 24.1 Å². The van der Waals surface area contributed by atoms with Gasteiger partial charge in [0.1, 0.15) is 5.52 Å². The fourth-order valence-corrected chi connectivity index (χ4v) is 2.56. The van der Waals surface area contributed by atoms with Gasteiger partial charge in [-0.05, 0) is 30.2 Å². The second kappa shape index (κ2) is 7.67. The van der Waals surface area contributed by atoms with E-state index in [2.05, 4.69) is 31.8 Å². The first-order valence-electron chi connectivity index (χ1n) is 8.57. The van der Waals surface area contributed by atoms with Crippen LogP contribution in [-0.4, -0.2) is 31.1 Å². The lowest BCUT2D eigenvalue weighted by molar-refractivity contribution is 0.307. The Morgan fingerprint density at radius 3 is 2.70 bits per heavy atom. The number of hydrogen-bond donors (Lipinski definition) is 0. The van der Waals surface area contributed by atoms with Crippen LogP contribution in [0.1, 0.15) is 17.0 Å². The zero-order valence-electron chi connectivity index (χ0n) is 14.8. The van der Waals surface area contributed by atoms with Gasteiger partial charge in [0.2, 0.25) is 5.88 Å². The van der Waals surface area contributed by atoms with E-state index < -0.39 is 0 Å². The van der Waals surface area contributed by atoms with Gasteiger partial charge in [0.05, 0.1) is 18.6 Å². The molecule has 3 aromatic heterocycles. The predicted molar refractivity (Wildman–Crippen MR) is 102 cm³/mol. The van der Waals surface area contributed by atoms with E-state index in [0.717, 1.165) is 11.3 Å². The monoisotopic (exact) mass is 355 g/mol. The molecule has 0 spiro atoms. The second-order valence-corrected chi connectivity index (χ2v) is 5.97. The van der Waals surface area contributed by atoms with Crippen molar-refractivity contribution in [2.75, 3.05) is 6.61 Å². The third kappa shape index (κ3) is 4.10. The number of nitrogens with zero attached hydrogens (tertiary/aromatic N) is 5. The third-order valence-electron chi connectivity index (χ3n) is 3.86. The van der Waals surface area contributed by atoms with Crippen LogP contribution in [-0.2, 0) is 13.5 Å². The Kier molecular flexibility index (Phi) is 4.75. The quantitative estimate of drug-likeness (QED) is 0.527. The summed E-state index contributed by atoms with van der Waals surface area (Å²) in [4.78, 5) is 17.6. The molecule has 6 nitrogen and oxygen atoms in total. The number of pyridine rings is 1. The number of aromatic nitrogens is 5. The summed E-state index contributed by atoms with van der Waals surface area (Å²) < 4.78 is 7.80. The van der Waals surface area contributed by atoms with Crippen LogP contribution in [0.5, 0.6) is 5.88 Å². The number of rotatable bonds is 4. The molecule has 0 aliphatic rings. The number of hydrogen-bond acceptors (Lipinski definition) is 5. The van der Waals surface area contributed by atoms with Crippen LogP contribution in [0.3, 0.4) is 0 Å². The lowest BCUT2D eigenvalue weighted by Crippen LogP contribution is -2.06. The summed E-state index contributed by atoms with van der Waals surface area (Å²) in [6, 6.07) is 13.4. The minimum absolute atomic E-state index is 0.412. The normalized spacial score (nSPS) is 10.4. The maximum atomic E-state index is 5.89. The molecule has 0 saturated heterocycles. The molecule has 0 saturated carbocycles. The smallest absolute Gasteiger partial charge is 0.249 e. The Morgan fingerprint density at radius 2 is 1.89 bits per heavy atom. The molecule has 0 aliphatic heterocycles. The van der Waals surface area contributed by atoms with Crippen molar-refractivity contribution >= 4 is 11.2 Å². The highest BCUT2D eigenvalue weighted by Gasteiger charge is 2.10. The van der Waals surface area contributed by atoms with E-state index >= 15 is 0 Å². The number of fused-ring (bicyclic) bond motifs is 1. The van der Waals surface area contributed by atoms with Crippen molar-refractivity contribution in [3.8, 4) is 17.7 Å². The van der Waals surface area contributed by atoms with Crippen molar-refractivity contribution < 1.29 is 4.74 Å². The number of ether oxygens (including phenoxy) is 1. The predicted octanol–water partition coefficient (Wildman–Crippen LogP) is 2.78. The zero-order valence-corrected chi connectivity index (χ0v) is 14.8. The molecule has 132 valence electrons. The molecule has 3 heterocycles. The van der Waals surface area contributed by atoms with Gasteiger partial charge >= 0.3 is 0 Å². The molecule has 0 radical (unpaired) electrons. The van der Waals surface area contributed by atoms with Crippen molar-refractivity contribution in [3.05, 3.63) is 78.1 Å².